The molecular weight excluding hydrogens is 498 g/mol. The van der Waals surface area contributed by atoms with Gasteiger partial charge in [-0.2, -0.15) is 0 Å². The molecule has 1 fully saturated rings. The SMILES string of the molecule is CCS(=O)(=O)c1cccc(C(=O)N(CCN2CCOCC2)c2nc3ccc(OC)cc3s2)c1.Cl. The Bertz CT molecular complexity index is 1240. The molecule has 0 N–H and O–H groups in total. The van der Waals surface area contributed by atoms with Gasteiger partial charge in [0, 0.05) is 31.7 Å². The van der Waals surface area contributed by atoms with Crippen molar-refractivity contribution in [1.82, 2.24) is 9.88 Å². The van der Waals surface area contributed by atoms with Crippen LogP contribution in [-0.2, 0) is 14.6 Å². The first kappa shape index (κ1) is 26.4. The maximum Gasteiger partial charge on any atom is 0.260 e. The van der Waals surface area contributed by atoms with E-state index >= 15 is 0 Å². The number of aromatic nitrogens is 1. The molecule has 0 spiro atoms. The third kappa shape index (κ3) is 5.87. The average Bonchev–Trinajstić information content (AvgIpc) is 3.27. The van der Waals surface area contributed by atoms with E-state index in [0.717, 1.165) is 29.1 Å². The summed E-state index contributed by atoms with van der Waals surface area (Å²) in [6, 6.07) is 11.8. The molecule has 1 aliphatic heterocycles. The van der Waals surface area contributed by atoms with Crippen LogP contribution in [0.3, 0.4) is 0 Å². The van der Waals surface area contributed by atoms with E-state index in [1.165, 1.54) is 23.5 Å². The Hall–Kier alpha value is -2.24. The number of methoxy groups -OCH3 is 1. The number of amides is 1. The van der Waals surface area contributed by atoms with Crippen LogP contribution < -0.4 is 9.64 Å². The Kier molecular flexibility index (Phi) is 8.89. The van der Waals surface area contributed by atoms with Crippen molar-refractivity contribution in [3.63, 3.8) is 0 Å². The summed E-state index contributed by atoms with van der Waals surface area (Å²) in [6.45, 7) is 5.65. The Balaban J connectivity index is 0.00000324. The fourth-order valence-corrected chi connectivity index (χ4v) is 5.57. The van der Waals surface area contributed by atoms with Crippen LogP contribution in [0.4, 0.5) is 5.13 Å². The molecule has 11 heteroatoms. The van der Waals surface area contributed by atoms with Crippen LogP contribution >= 0.6 is 23.7 Å². The second kappa shape index (κ2) is 11.5. The lowest BCUT2D eigenvalue weighted by Gasteiger charge is -2.29. The van der Waals surface area contributed by atoms with Gasteiger partial charge in [-0.25, -0.2) is 13.4 Å². The first-order valence-corrected chi connectivity index (χ1v) is 13.3. The van der Waals surface area contributed by atoms with Crippen molar-refractivity contribution in [2.45, 2.75) is 11.8 Å². The van der Waals surface area contributed by atoms with Crippen molar-refractivity contribution < 1.29 is 22.7 Å². The summed E-state index contributed by atoms with van der Waals surface area (Å²) in [5.74, 6) is 0.425. The number of anilines is 1. The first-order valence-electron chi connectivity index (χ1n) is 10.8. The Morgan fingerprint density at radius 3 is 2.68 bits per heavy atom. The van der Waals surface area contributed by atoms with Crippen LogP contribution in [0.1, 0.15) is 17.3 Å². The van der Waals surface area contributed by atoms with Crippen LogP contribution in [0, 0.1) is 0 Å². The number of rotatable bonds is 8. The molecule has 2 aromatic carbocycles. The fourth-order valence-electron chi connectivity index (χ4n) is 3.63. The van der Waals surface area contributed by atoms with Gasteiger partial charge in [0.05, 0.1) is 41.2 Å². The quantitative estimate of drug-likeness (QED) is 0.444. The zero-order chi connectivity index (χ0) is 23.4. The molecule has 1 aromatic heterocycles. The molecule has 0 radical (unpaired) electrons. The summed E-state index contributed by atoms with van der Waals surface area (Å²) in [5.41, 5.74) is 1.10. The van der Waals surface area contributed by atoms with E-state index in [4.69, 9.17) is 14.5 Å². The molecule has 184 valence electrons. The zero-order valence-corrected chi connectivity index (χ0v) is 21.5. The topological polar surface area (TPSA) is 89.0 Å². The molecule has 3 aromatic rings. The van der Waals surface area contributed by atoms with Crippen LogP contribution in [0.15, 0.2) is 47.4 Å². The number of carbonyl (C=O) groups excluding carboxylic acids is 1. The lowest BCUT2D eigenvalue weighted by molar-refractivity contribution is 0.0391. The van der Waals surface area contributed by atoms with E-state index < -0.39 is 9.84 Å². The zero-order valence-electron chi connectivity index (χ0n) is 19.1. The molecular formula is C23H28ClN3O5S2. The number of thiazole rings is 1. The summed E-state index contributed by atoms with van der Waals surface area (Å²) < 4.78 is 36.4. The van der Waals surface area contributed by atoms with Gasteiger partial charge >= 0.3 is 0 Å². The van der Waals surface area contributed by atoms with E-state index in [9.17, 15) is 13.2 Å². The van der Waals surface area contributed by atoms with E-state index in [1.54, 1.807) is 31.1 Å². The summed E-state index contributed by atoms with van der Waals surface area (Å²) in [7, 11) is -1.81. The van der Waals surface area contributed by atoms with Gasteiger partial charge in [0.25, 0.3) is 5.91 Å². The smallest absolute Gasteiger partial charge is 0.260 e. The van der Waals surface area contributed by atoms with Crippen molar-refractivity contribution in [2.24, 2.45) is 0 Å². The lowest BCUT2D eigenvalue weighted by atomic mass is 10.2. The average molecular weight is 526 g/mol. The number of hydrogen-bond donors (Lipinski definition) is 0. The predicted molar refractivity (Wildman–Crippen MR) is 137 cm³/mol. The lowest BCUT2D eigenvalue weighted by Crippen LogP contribution is -2.43. The highest BCUT2D eigenvalue weighted by atomic mass is 35.5. The molecule has 0 saturated carbocycles. The summed E-state index contributed by atoms with van der Waals surface area (Å²) in [5, 5.41) is 0.570. The van der Waals surface area contributed by atoms with Crippen LogP contribution in [-0.4, -0.2) is 76.5 Å². The van der Waals surface area contributed by atoms with Gasteiger partial charge in [0.2, 0.25) is 0 Å². The third-order valence-electron chi connectivity index (χ3n) is 5.62. The molecule has 0 atom stereocenters. The molecule has 2 heterocycles. The number of nitrogens with zero attached hydrogens (tertiary/aromatic N) is 3. The second-order valence-electron chi connectivity index (χ2n) is 7.67. The number of sulfone groups is 1. The first-order chi connectivity index (χ1) is 15.9. The van der Waals surface area contributed by atoms with Crippen molar-refractivity contribution in [1.29, 1.82) is 0 Å². The van der Waals surface area contributed by atoms with Crippen molar-refractivity contribution >= 4 is 54.8 Å². The predicted octanol–water partition coefficient (Wildman–Crippen LogP) is 3.50. The van der Waals surface area contributed by atoms with Gasteiger partial charge in [-0.3, -0.25) is 14.6 Å². The number of ether oxygens (including phenoxy) is 2. The van der Waals surface area contributed by atoms with Gasteiger partial charge in [-0.05, 0) is 36.4 Å². The van der Waals surface area contributed by atoms with Gasteiger partial charge < -0.3 is 9.47 Å². The van der Waals surface area contributed by atoms with E-state index in [2.05, 4.69) is 4.90 Å². The largest absolute Gasteiger partial charge is 0.497 e. The minimum absolute atomic E-state index is 0. The molecule has 34 heavy (non-hydrogen) atoms. The van der Waals surface area contributed by atoms with E-state index in [0.29, 0.717) is 37.0 Å². The summed E-state index contributed by atoms with van der Waals surface area (Å²) >= 11 is 1.41. The molecule has 1 aliphatic rings. The van der Waals surface area contributed by atoms with Crippen LogP contribution in [0.25, 0.3) is 10.2 Å². The monoisotopic (exact) mass is 525 g/mol. The van der Waals surface area contributed by atoms with Gasteiger partial charge in [-0.1, -0.05) is 24.3 Å². The molecule has 1 saturated heterocycles. The maximum absolute atomic E-state index is 13.6. The molecule has 0 unspecified atom stereocenters. The fraction of sp³-hybridized carbons (Fsp3) is 0.391. The summed E-state index contributed by atoms with van der Waals surface area (Å²) in [6.07, 6.45) is 0. The van der Waals surface area contributed by atoms with E-state index in [1.807, 2.05) is 18.2 Å². The van der Waals surface area contributed by atoms with Crippen molar-refractivity contribution in [3.05, 3.63) is 48.0 Å². The molecule has 1 amide bonds. The van der Waals surface area contributed by atoms with Crippen LogP contribution in [0.5, 0.6) is 5.75 Å². The summed E-state index contributed by atoms with van der Waals surface area (Å²) in [4.78, 5) is 22.4. The Morgan fingerprint density at radius 1 is 1.21 bits per heavy atom. The van der Waals surface area contributed by atoms with Crippen molar-refractivity contribution in [3.8, 4) is 5.75 Å². The highest BCUT2D eigenvalue weighted by molar-refractivity contribution is 7.91. The minimum Gasteiger partial charge on any atom is -0.497 e. The van der Waals surface area contributed by atoms with E-state index in [-0.39, 0.29) is 29.0 Å². The van der Waals surface area contributed by atoms with Gasteiger partial charge in [0.15, 0.2) is 15.0 Å². The molecule has 8 nitrogen and oxygen atoms in total. The highest BCUT2D eigenvalue weighted by Crippen LogP contribution is 2.32. The number of benzene rings is 2. The Labute approximate surface area is 209 Å². The normalized spacial score (nSPS) is 14.5. The maximum atomic E-state index is 13.6. The molecule has 0 bridgehead atoms. The number of fused-ring (bicyclic) bond motifs is 1. The minimum atomic E-state index is -3.42. The molecule has 0 aliphatic carbocycles. The van der Waals surface area contributed by atoms with Gasteiger partial charge in [0.1, 0.15) is 5.75 Å². The number of carbonyl (C=O) groups is 1. The Morgan fingerprint density at radius 2 is 1.97 bits per heavy atom. The third-order valence-corrected chi connectivity index (χ3v) is 8.40. The molecule has 4 rings (SSSR count). The van der Waals surface area contributed by atoms with Gasteiger partial charge in [-0.15, -0.1) is 12.4 Å². The standard InChI is InChI=1S/C23H27N3O5S2.ClH/c1-3-33(28,29)19-6-4-5-17(15-19)22(27)26(10-9-25-11-13-31-14-12-25)23-24-20-8-7-18(30-2)16-21(20)32-23;/h4-8,15-16H,3,9-14H2,1-2H3;1H. The number of morpholine rings is 1. The number of hydrogen-bond acceptors (Lipinski definition) is 8. The van der Waals surface area contributed by atoms with Crippen LogP contribution in [0.2, 0.25) is 0 Å². The second-order valence-corrected chi connectivity index (χ2v) is 11.0. The van der Waals surface area contributed by atoms with Crippen molar-refractivity contribution in [2.75, 3.05) is 57.2 Å². The highest BCUT2D eigenvalue weighted by Gasteiger charge is 2.24. The number of halogens is 1.